The third-order valence-electron chi connectivity index (χ3n) is 3.36. The molecule has 2 aromatic carbocycles. The highest BCUT2D eigenvalue weighted by Gasteiger charge is 2.11. The summed E-state index contributed by atoms with van der Waals surface area (Å²) in [6.07, 6.45) is 0.0617. The maximum absolute atomic E-state index is 11.1. The Morgan fingerprint density at radius 3 is 2.60 bits per heavy atom. The fourth-order valence-electron chi connectivity index (χ4n) is 2.29. The molecule has 0 bridgehead atoms. The van der Waals surface area contributed by atoms with Gasteiger partial charge in [0.2, 0.25) is 0 Å². The molecule has 0 amide bonds. The highest BCUT2D eigenvalue weighted by Crippen LogP contribution is 2.30. The number of carboxylic acid groups (broad SMARTS) is 1. The Kier molecular flexibility index (Phi) is 6.53. The predicted octanol–water partition coefficient (Wildman–Crippen LogP) is 4.84. The van der Waals surface area contributed by atoms with E-state index in [1.165, 1.54) is 6.07 Å². The first kappa shape index (κ1) is 18.9. The van der Waals surface area contributed by atoms with Crippen LogP contribution in [0.3, 0.4) is 0 Å². The average Bonchev–Trinajstić information content (AvgIpc) is 2.55. The van der Waals surface area contributed by atoms with Crippen molar-refractivity contribution in [3.05, 3.63) is 52.5 Å². The van der Waals surface area contributed by atoms with Crippen LogP contribution in [-0.4, -0.2) is 23.8 Å². The maximum atomic E-state index is 11.1. The fraction of sp³-hybridized carbons (Fsp3) is 0.316. The van der Waals surface area contributed by atoms with Crippen LogP contribution in [0.25, 0.3) is 0 Å². The molecule has 0 aliphatic heterocycles. The summed E-state index contributed by atoms with van der Waals surface area (Å²) in [4.78, 5) is 11.1. The zero-order valence-electron chi connectivity index (χ0n) is 14.5. The van der Waals surface area contributed by atoms with E-state index in [0.29, 0.717) is 30.3 Å². The number of aromatic carboxylic acids is 1. The number of carboxylic acids is 1. The van der Waals surface area contributed by atoms with Crippen molar-refractivity contribution in [3.8, 4) is 11.5 Å². The van der Waals surface area contributed by atoms with Crippen molar-refractivity contribution in [3.63, 3.8) is 0 Å². The summed E-state index contributed by atoms with van der Waals surface area (Å²) in [6.45, 7) is 6.91. The van der Waals surface area contributed by atoms with Crippen LogP contribution < -0.4 is 14.8 Å². The van der Waals surface area contributed by atoms with Crippen molar-refractivity contribution in [2.45, 2.75) is 33.4 Å². The highest BCUT2D eigenvalue weighted by atomic mass is 35.5. The normalized spacial score (nSPS) is 10.6. The van der Waals surface area contributed by atoms with E-state index in [0.717, 1.165) is 5.56 Å². The second-order valence-electron chi connectivity index (χ2n) is 5.73. The van der Waals surface area contributed by atoms with Gasteiger partial charge in [0.15, 0.2) is 11.5 Å². The number of ether oxygens (including phenoxy) is 2. The van der Waals surface area contributed by atoms with Crippen LogP contribution in [0.5, 0.6) is 11.5 Å². The van der Waals surface area contributed by atoms with E-state index < -0.39 is 5.97 Å². The van der Waals surface area contributed by atoms with Crippen molar-refractivity contribution >= 4 is 23.3 Å². The molecule has 0 radical (unpaired) electrons. The van der Waals surface area contributed by atoms with Gasteiger partial charge in [-0.3, -0.25) is 0 Å². The number of anilines is 1. The Bertz CT molecular complexity index is 746. The van der Waals surface area contributed by atoms with Crippen molar-refractivity contribution < 1.29 is 19.4 Å². The zero-order chi connectivity index (χ0) is 18.4. The van der Waals surface area contributed by atoms with Gasteiger partial charge in [-0.25, -0.2) is 4.79 Å². The Labute approximate surface area is 152 Å². The number of carbonyl (C=O) groups is 1. The maximum Gasteiger partial charge on any atom is 0.337 e. The predicted molar refractivity (Wildman–Crippen MR) is 99.1 cm³/mol. The number of rotatable bonds is 8. The number of benzene rings is 2. The van der Waals surface area contributed by atoms with Crippen LogP contribution in [0.2, 0.25) is 5.02 Å². The lowest BCUT2D eigenvalue weighted by Gasteiger charge is -2.16. The van der Waals surface area contributed by atoms with Crippen molar-refractivity contribution in [2.24, 2.45) is 0 Å². The van der Waals surface area contributed by atoms with E-state index in [4.69, 9.17) is 26.2 Å². The number of halogens is 1. The van der Waals surface area contributed by atoms with E-state index in [2.05, 4.69) is 5.32 Å². The molecule has 0 aliphatic rings. The first-order valence-corrected chi connectivity index (χ1v) is 8.47. The van der Waals surface area contributed by atoms with Crippen LogP contribution >= 0.6 is 11.6 Å². The van der Waals surface area contributed by atoms with Gasteiger partial charge in [0, 0.05) is 12.2 Å². The van der Waals surface area contributed by atoms with Crippen molar-refractivity contribution in [1.29, 1.82) is 0 Å². The second kappa shape index (κ2) is 8.62. The molecule has 0 saturated heterocycles. The summed E-state index contributed by atoms with van der Waals surface area (Å²) in [6, 6.07) is 10.6. The summed E-state index contributed by atoms with van der Waals surface area (Å²) < 4.78 is 11.4. The first-order valence-electron chi connectivity index (χ1n) is 8.09. The lowest BCUT2D eigenvalue weighted by Crippen LogP contribution is -2.08. The van der Waals surface area contributed by atoms with E-state index in [-0.39, 0.29) is 16.7 Å². The topological polar surface area (TPSA) is 67.8 Å². The molecular formula is C19H22ClNO4. The lowest BCUT2D eigenvalue weighted by atomic mass is 10.1. The van der Waals surface area contributed by atoms with Crippen molar-refractivity contribution in [1.82, 2.24) is 0 Å². The lowest BCUT2D eigenvalue weighted by molar-refractivity contribution is 0.0697. The van der Waals surface area contributed by atoms with Crippen LogP contribution in [0.1, 0.15) is 36.7 Å². The quantitative estimate of drug-likeness (QED) is 0.702. The van der Waals surface area contributed by atoms with Crippen LogP contribution in [0.4, 0.5) is 5.69 Å². The number of hydrogen-bond acceptors (Lipinski definition) is 4. The zero-order valence-corrected chi connectivity index (χ0v) is 15.3. The monoisotopic (exact) mass is 363 g/mol. The Morgan fingerprint density at radius 2 is 1.96 bits per heavy atom. The molecule has 0 atom stereocenters. The summed E-state index contributed by atoms with van der Waals surface area (Å²) in [5.74, 6) is 0.348. The van der Waals surface area contributed by atoms with Gasteiger partial charge in [0.1, 0.15) is 0 Å². The van der Waals surface area contributed by atoms with Gasteiger partial charge < -0.3 is 19.9 Å². The molecule has 0 aliphatic carbocycles. The molecule has 134 valence electrons. The Morgan fingerprint density at radius 1 is 1.20 bits per heavy atom. The third-order valence-corrected chi connectivity index (χ3v) is 3.69. The van der Waals surface area contributed by atoms with E-state index in [1.54, 1.807) is 12.1 Å². The van der Waals surface area contributed by atoms with Gasteiger partial charge in [-0.15, -0.1) is 0 Å². The first-order chi connectivity index (χ1) is 11.9. The molecule has 5 nitrogen and oxygen atoms in total. The summed E-state index contributed by atoms with van der Waals surface area (Å²) in [7, 11) is 0. The molecule has 0 fully saturated rings. The van der Waals surface area contributed by atoms with E-state index in [1.807, 2.05) is 39.0 Å². The highest BCUT2D eigenvalue weighted by molar-refractivity contribution is 6.33. The largest absolute Gasteiger partial charge is 0.490 e. The van der Waals surface area contributed by atoms with E-state index >= 15 is 0 Å². The summed E-state index contributed by atoms with van der Waals surface area (Å²) in [5, 5.41) is 12.5. The minimum absolute atomic E-state index is 0.0617. The Hall–Kier alpha value is -2.40. The molecule has 0 heterocycles. The van der Waals surface area contributed by atoms with Gasteiger partial charge in [-0.05, 0) is 56.7 Å². The molecule has 0 aromatic heterocycles. The van der Waals surface area contributed by atoms with Gasteiger partial charge in [0.05, 0.1) is 23.3 Å². The van der Waals surface area contributed by atoms with Gasteiger partial charge in [-0.1, -0.05) is 17.7 Å². The van der Waals surface area contributed by atoms with Gasteiger partial charge in [0.25, 0.3) is 0 Å². The average molecular weight is 364 g/mol. The third kappa shape index (κ3) is 5.29. The van der Waals surface area contributed by atoms with Gasteiger partial charge >= 0.3 is 5.97 Å². The molecular weight excluding hydrogens is 342 g/mol. The molecule has 0 unspecified atom stereocenters. The SMILES string of the molecule is CCOc1cc(CNc2ccc(Cl)c(C(=O)O)c2)ccc1OC(C)C. The number of nitrogens with one attached hydrogen (secondary N) is 1. The fourth-order valence-corrected chi connectivity index (χ4v) is 2.48. The second-order valence-corrected chi connectivity index (χ2v) is 6.14. The summed E-state index contributed by atoms with van der Waals surface area (Å²) >= 11 is 5.88. The number of hydrogen-bond donors (Lipinski definition) is 2. The Balaban J connectivity index is 2.14. The molecule has 2 aromatic rings. The van der Waals surface area contributed by atoms with Crippen LogP contribution in [0.15, 0.2) is 36.4 Å². The summed E-state index contributed by atoms with van der Waals surface area (Å²) in [5.41, 5.74) is 1.75. The molecule has 0 saturated carbocycles. The van der Waals surface area contributed by atoms with Crippen LogP contribution in [0, 0.1) is 0 Å². The minimum atomic E-state index is -1.05. The van der Waals surface area contributed by atoms with Gasteiger partial charge in [-0.2, -0.15) is 0 Å². The molecule has 2 rings (SSSR count). The standard InChI is InChI=1S/C19H22ClNO4/c1-4-24-18-9-13(5-8-17(18)25-12(2)3)11-21-14-6-7-16(20)15(10-14)19(22)23/h5-10,12,21H,4,11H2,1-3H3,(H,22,23). The minimum Gasteiger partial charge on any atom is -0.490 e. The molecule has 0 spiro atoms. The van der Waals surface area contributed by atoms with E-state index in [9.17, 15) is 4.79 Å². The molecule has 25 heavy (non-hydrogen) atoms. The molecule has 2 N–H and O–H groups in total. The van der Waals surface area contributed by atoms with Crippen molar-refractivity contribution in [2.75, 3.05) is 11.9 Å². The molecule has 6 heteroatoms. The van der Waals surface area contributed by atoms with Crippen LogP contribution in [-0.2, 0) is 6.54 Å². The smallest absolute Gasteiger partial charge is 0.337 e.